The Hall–Kier alpha value is -1.03. The predicted octanol–water partition coefficient (Wildman–Crippen LogP) is 6.28. The molecule has 4 heteroatoms. The van der Waals surface area contributed by atoms with Gasteiger partial charge in [0.05, 0.1) is 5.56 Å². The predicted molar refractivity (Wildman–Crippen MR) is 74.3 cm³/mol. The Bertz CT molecular complexity index is 469. The van der Waals surface area contributed by atoms with Crippen molar-refractivity contribution in [2.24, 2.45) is 0 Å². The van der Waals surface area contributed by atoms with E-state index in [0.717, 1.165) is 15.6 Å². The fraction of sp³-hybridized carbons (Fsp3) is 0.429. The quantitative estimate of drug-likeness (QED) is 0.531. The molecule has 1 aromatic carbocycles. The van der Waals surface area contributed by atoms with Crippen LogP contribution in [0.5, 0.6) is 0 Å². The van der Waals surface area contributed by atoms with Gasteiger partial charge in [0.2, 0.25) is 0 Å². The molecule has 2 aromatic rings. The first kappa shape index (κ1) is 17.0. The minimum atomic E-state index is -4.25. The second-order valence-electron chi connectivity index (χ2n) is 3.11. The first-order chi connectivity index (χ1) is 8.47. The van der Waals surface area contributed by atoms with E-state index in [0.29, 0.717) is 5.39 Å². The molecule has 0 fully saturated rings. The Morgan fingerprint density at radius 1 is 0.944 bits per heavy atom. The van der Waals surface area contributed by atoms with Crippen LogP contribution in [0.25, 0.3) is 10.1 Å². The Kier molecular flexibility index (Phi) is 6.99. The number of hydrogen-bond acceptors (Lipinski definition) is 1. The Morgan fingerprint density at radius 2 is 1.50 bits per heavy atom. The maximum Gasteiger partial charge on any atom is 0.416 e. The van der Waals surface area contributed by atoms with E-state index in [1.807, 2.05) is 34.6 Å². The van der Waals surface area contributed by atoms with Gasteiger partial charge in [0.1, 0.15) is 0 Å². The molecule has 0 nitrogen and oxygen atoms in total. The van der Waals surface area contributed by atoms with Gasteiger partial charge in [0, 0.05) is 9.58 Å². The second-order valence-corrected chi connectivity index (χ2v) is 4.40. The van der Waals surface area contributed by atoms with Crippen molar-refractivity contribution in [1.29, 1.82) is 0 Å². The van der Waals surface area contributed by atoms with Crippen LogP contribution in [0.4, 0.5) is 13.2 Å². The number of alkyl halides is 3. The number of benzene rings is 1. The highest BCUT2D eigenvalue weighted by molar-refractivity contribution is 7.19. The largest absolute Gasteiger partial charge is 0.416 e. The van der Waals surface area contributed by atoms with Crippen LogP contribution < -0.4 is 0 Å². The van der Waals surface area contributed by atoms with Crippen molar-refractivity contribution in [3.8, 4) is 0 Å². The standard InChI is InChI=1S/C10H7F3S.2C2H6/c1-6-4-7-5-8(10(11,12)13)2-3-9(7)14-6;2*1-2/h2-5H,1H3;2*1-2H3. The molecule has 18 heavy (non-hydrogen) atoms. The van der Waals surface area contributed by atoms with Gasteiger partial charge >= 0.3 is 6.18 Å². The summed E-state index contributed by atoms with van der Waals surface area (Å²) in [5, 5.41) is 0.669. The summed E-state index contributed by atoms with van der Waals surface area (Å²) >= 11 is 1.50. The fourth-order valence-electron chi connectivity index (χ4n) is 1.35. The molecule has 1 aromatic heterocycles. The summed E-state index contributed by atoms with van der Waals surface area (Å²) in [7, 11) is 0. The highest BCUT2D eigenvalue weighted by Crippen LogP contribution is 2.33. The number of hydrogen-bond donors (Lipinski definition) is 0. The Morgan fingerprint density at radius 3 is 2.00 bits per heavy atom. The molecule has 0 radical (unpaired) electrons. The van der Waals surface area contributed by atoms with Crippen molar-refractivity contribution in [3.63, 3.8) is 0 Å². The summed E-state index contributed by atoms with van der Waals surface area (Å²) in [5.74, 6) is 0. The molecule has 0 saturated carbocycles. The van der Waals surface area contributed by atoms with Gasteiger partial charge in [-0.1, -0.05) is 27.7 Å². The number of aryl methyl sites for hydroxylation is 1. The van der Waals surface area contributed by atoms with E-state index < -0.39 is 11.7 Å². The van der Waals surface area contributed by atoms with Crippen LogP contribution in [0.1, 0.15) is 38.1 Å². The highest BCUT2D eigenvalue weighted by atomic mass is 32.1. The molecule has 0 N–H and O–H groups in total. The van der Waals surface area contributed by atoms with Crippen molar-refractivity contribution in [3.05, 3.63) is 34.7 Å². The molecule has 0 bridgehead atoms. The summed E-state index contributed by atoms with van der Waals surface area (Å²) in [6.07, 6.45) is -4.25. The lowest BCUT2D eigenvalue weighted by Crippen LogP contribution is -2.03. The molecule has 0 unspecified atom stereocenters. The zero-order chi connectivity index (χ0) is 14.3. The molecule has 0 spiro atoms. The van der Waals surface area contributed by atoms with E-state index in [1.54, 1.807) is 6.07 Å². The van der Waals surface area contributed by atoms with E-state index in [4.69, 9.17) is 0 Å². The van der Waals surface area contributed by atoms with Gasteiger partial charge < -0.3 is 0 Å². The molecular formula is C14H19F3S. The lowest BCUT2D eigenvalue weighted by Gasteiger charge is -2.05. The normalized spacial score (nSPS) is 10.2. The molecule has 0 aliphatic rings. The van der Waals surface area contributed by atoms with Crippen LogP contribution in [0.15, 0.2) is 24.3 Å². The van der Waals surface area contributed by atoms with E-state index >= 15 is 0 Å². The van der Waals surface area contributed by atoms with Crippen LogP contribution in [-0.4, -0.2) is 0 Å². The number of thiophene rings is 1. The van der Waals surface area contributed by atoms with E-state index in [2.05, 4.69) is 0 Å². The monoisotopic (exact) mass is 276 g/mol. The minimum Gasteiger partial charge on any atom is -0.166 e. The number of halogens is 3. The molecule has 2 rings (SSSR count). The first-order valence-electron chi connectivity index (χ1n) is 6.04. The Balaban J connectivity index is 0.000000659. The van der Waals surface area contributed by atoms with Crippen LogP contribution in [-0.2, 0) is 6.18 Å². The van der Waals surface area contributed by atoms with Gasteiger partial charge in [-0.25, -0.2) is 0 Å². The molecule has 102 valence electrons. The fourth-order valence-corrected chi connectivity index (χ4v) is 2.26. The summed E-state index contributed by atoms with van der Waals surface area (Å²) in [6.45, 7) is 9.89. The summed E-state index contributed by atoms with van der Waals surface area (Å²) in [4.78, 5) is 1.03. The van der Waals surface area contributed by atoms with Gasteiger partial charge in [-0.15, -0.1) is 11.3 Å². The van der Waals surface area contributed by atoms with Crippen molar-refractivity contribution in [1.82, 2.24) is 0 Å². The summed E-state index contributed by atoms with van der Waals surface area (Å²) in [6, 6.07) is 5.61. The summed E-state index contributed by atoms with van der Waals surface area (Å²) in [5.41, 5.74) is -0.581. The Labute approximate surface area is 110 Å². The van der Waals surface area contributed by atoms with Crippen molar-refractivity contribution < 1.29 is 13.2 Å². The third-order valence-corrected chi connectivity index (χ3v) is 3.00. The third kappa shape index (κ3) is 4.33. The van der Waals surface area contributed by atoms with E-state index in [9.17, 15) is 13.2 Å². The van der Waals surface area contributed by atoms with Gasteiger partial charge in [0.15, 0.2) is 0 Å². The van der Waals surface area contributed by atoms with Crippen LogP contribution >= 0.6 is 11.3 Å². The highest BCUT2D eigenvalue weighted by Gasteiger charge is 2.30. The van der Waals surface area contributed by atoms with Crippen LogP contribution in [0.2, 0.25) is 0 Å². The third-order valence-electron chi connectivity index (χ3n) is 1.97. The maximum atomic E-state index is 12.3. The van der Waals surface area contributed by atoms with Gasteiger partial charge in [0.25, 0.3) is 0 Å². The average Bonchev–Trinajstić information content (AvgIpc) is 2.72. The smallest absolute Gasteiger partial charge is 0.166 e. The maximum absolute atomic E-state index is 12.3. The number of rotatable bonds is 0. The minimum absolute atomic E-state index is 0.581. The van der Waals surface area contributed by atoms with Crippen molar-refractivity contribution >= 4 is 21.4 Å². The SMILES string of the molecule is CC.CC.Cc1cc2cc(C(F)(F)F)ccc2s1. The van der Waals surface area contributed by atoms with Gasteiger partial charge in [-0.2, -0.15) is 13.2 Å². The van der Waals surface area contributed by atoms with Gasteiger partial charge in [-0.05, 0) is 36.6 Å². The zero-order valence-corrected chi connectivity index (χ0v) is 12.2. The zero-order valence-electron chi connectivity index (χ0n) is 11.4. The molecule has 1 heterocycles. The van der Waals surface area contributed by atoms with Crippen molar-refractivity contribution in [2.45, 2.75) is 40.8 Å². The molecule has 0 saturated heterocycles. The number of fused-ring (bicyclic) bond motifs is 1. The first-order valence-corrected chi connectivity index (χ1v) is 6.86. The average molecular weight is 276 g/mol. The van der Waals surface area contributed by atoms with E-state index in [-0.39, 0.29) is 0 Å². The second kappa shape index (κ2) is 7.41. The van der Waals surface area contributed by atoms with Crippen LogP contribution in [0.3, 0.4) is 0 Å². The lowest BCUT2D eigenvalue weighted by atomic mass is 10.1. The van der Waals surface area contributed by atoms with Crippen LogP contribution in [0, 0.1) is 6.92 Å². The summed E-state index contributed by atoms with van der Waals surface area (Å²) < 4.78 is 37.9. The lowest BCUT2D eigenvalue weighted by molar-refractivity contribution is -0.137. The van der Waals surface area contributed by atoms with Gasteiger partial charge in [-0.3, -0.25) is 0 Å². The van der Waals surface area contributed by atoms with E-state index in [1.165, 1.54) is 23.5 Å². The molecule has 0 aliphatic carbocycles. The topological polar surface area (TPSA) is 0 Å². The van der Waals surface area contributed by atoms with Crippen molar-refractivity contribution in [2.75, 3.05) is 0 Å². The molecule has 0 atom stereocenters. The molecule has 0 aliphatic heterocycles. The molecular weight excluding hydrogens is 257 g/mol. The molecule has 0 amide bonds.